The Morgan fingerprint density at radius 3 is 2.54 bits per heavy atom. The Kier molecular flexibility index (Phi) is 4.20. The minimum atomic E-state index is -0.0721. The summed E-state index contributed by atoms with van der Waals surface area (Å²) in [5, 5.41) is 9.68. The summed E-state index contributed by atoms with van der Waals surface area (Å²) in [5.41, 5.74) is 0. The zero-order valence-electron chi connectivity index (χ0n) is 9.16. The highest BCUT2D eigenvalue weighted by Gasteiger charge is 2.28. The normalized spacial score (nSPS) is 29.1. The van der Waals surface area contributed by atoms with E-state index in [1.165, 1.54) is 19.3 Å². The van der Waals surface area contributed by atoms with Crippen LogP contribution in [0.2, 0.25) is 0 Å². The minimum absolute atomic E-state index is 0.0721. The fourth-order valence-electron chi connectivity index (χ4n) is 2.06. The molecule has 0 aromatic carbocycles. The molecular weight excluding hydrogens is 162 g/mol. The molecule has 0 amide bonds. The van der Waals surface area contributed by atoms with Crippen molar-refractivity contribution in [1.82, 2.24) is 4.90 Å². The van der Waals surface area contributed by atoms with Gasteiger partial charge in [0.15, 0.2) is 0 Å². The van der Waals surface area contributed by atoms with Crippen molar-refractivity contribution < 1.29 is 5.11 Å². The first-order valence-corrected chi connectivity index (χ1v) is 5.49. The number of hydrogen-bond donors (Lipinski definition) is 1. The van der Waals surface area contributed by atoms with Crippen molar-refractivity contribution >= 4 is 0 Å². The Balaban J connectivity index is 2.25. The standard InChI is InChI=1S/C11H23NO/c1-9(2)7-8-12(3)10-5-4-6-11(10)13/h9-11,13H,4-8H2,1-3H3/t10-,11-/m0/s1. The van der Waals surface area contributed by atoms with Gasteiger partial charge in [-0.15, -0.1) is 0 Å². The van der Waals surface area contributed by atoms with E-state index in [0.717, 1.165) is 18.9 Å². The molecule has 0 unspecified atom stereocenters. The van der Waals surface area contributed by atoms with Gasteiger partial charge in [-0.25, -0.2) is 0 Å². The molecule has 2 heteroatoms. The van der Waals surface area contributed by atoms with Gasteiger partial charge in [0.25, 0.3) is 0 Å². The number of aliphatic hydroxyl groups excluding tert-OH is 1. The van der Waals surface area contributed by atoms with Gasteiger partial charge in [0.05, 0.1) is 6.10 Å². The minimum Gasteiger partial charge on any atom is -0.391 e. The Hall–Kier alpha value is -0.0800. The topological polar surface area (TPSA) is 23.5 Å². The Labute approximate surface area is 81.9 Å². The van der Waals surface area contributed by atoms with Crippen LogP contribution in [0.15, 0.2) is 0 Å². The van der Waals surface area contributed by atoms with E-state index in [-0.39, 0.29) is 6.10 Å². The van der Waals surface area contributed by atoms with Crippen LogP contribution in [0.1, 0.15) is 39.5 Å². The van der Waals surface area contributed by atoms with E-state index >= 15 is 0 Å². The molecule has 1 aliphatic rings. The first-order chi connectivity index (χ1) is 6.11. The summed E-state index contributed by atoms with van der Waals surface area (Å²) in [5.74, 6) is 0.765. The molecular formula is C11H23NO. The molecule has 1 N–H and O–H groups in total. The van der Waals surface area contributed by atoms with Crippen LogP contribution >= 0.6 is 0 Å². The summed E-state index contributed by atoms with van der Waals surface area (Å²) in [4.78, 5) is 2.33. The van der Waals surface area contributed by atoms with E-state index in [1.807, 2.05) is 0 Å². The molecule has 0 bridgehead atoms. The van der Waals surface area contributed by atoms with Gasteiger partial charge in [-0.2, -0.15) is 0 Å². The number of likely N-dealkylation sites (N-methyl/N-ethyl adjacent to an activating group) is 1. The van der Waals surface area contributed by atoms with Crippen molar-refractivity contribution in [3.05, 3.63) is 0 Å². The van der Waals surface area contributed by atoms with Gasteiger partial charge >= 0.3 is 0 Å². The average molecular weight is 185 g/mol. The maximum Gasteiger partial charge on any atom is 0.0695 e. The van der Waals surface area contributed by atoms with E-state index in [1.54, 1.807) is 0 Å². The van der Waals surface area contributed by atoms with Gasteiger partial charge in [-0.3, -0.25) is 0 Å². The van der Waals surface area contributed by atoms with Crippen molar-refractivity contribution in [2.24, 2.45) is 5.92 Å². The smallest absolute Gasteiger partial charge is 0.0695 e. The van der Waals surface area contributed by atoms with Crippen molar-refractivity contribution in [2.45, 2.75) is 51.7 Å². The maximum atomic E-state index is 9.68. The predicted octanol–water partition coefficient (Wildman–Crippen LogP) is 1.88. The van der Waals surface area contributed by atoms with Crippen molar-refractivity contribution in [1.29, 1.82) is 0 Å². The van der Waals surface area contributed by atoms with Crippen LogP contribution in [0.5, 0.6) is 0 Å². The molecule has 0 radical (unpaired) electrons. The van der Waals surface area contributed by atoms with Gasteiger partial charge in [0.1, 0.15) is 0 Å². The molecule has 1 rings (SSSR count). The number of aliphatic hydroxyl groups is 1. The highest BCUT2D eigenvalue weighted by molar-refractivity contribution is 4.83. The van der Waals surface area contributed by atoms with Crippen molar-refractivity contribution in [3.8, 4) is 0 Å². The molecule has 78 valence electrons. The molecule has 1 fully saturated rings. The Morgan fingerprint density at radius 2 is 2.08 bits per heavy atom. The average Bonchev–Trinajstić information content (AvgIpc) is 2.47. The molecule has 0 spiro atoms. The highest BCUT2D eigenvalue weighted by atomic mass is 16.3. The Morgan fingerprint density at radius 1 is 1.38 bits per heavy atom. The molecule has 0 aromatic heterocycles. The second-order valence-corrected chi connectivity index (χ2v) is 4.73. The predicted molar refractivity (Wildman–Crippen MR) is 55.7 cm³/mol. The van der Waals surface area contributed by atoms with E-state index < -0.39 is 0 Å². The molecule has 1 aliphatic carbocycles. The van der Waals surface area contributed by atoms with Crippen LogP contribution < -0.4 is 0 Å². The van der Waals surface area contributed by atoms with Gasteiger partial charge in [-0.1, -0.05) is 13.8 Å². The zero-order chi connectivity index (χ0) is 9.84. The summed E-state index contributed by atoms with van der Waals surface area (Å²) < 4.78 is 0. The zero-order valence-corrected chi connectivity index (χ0v) is 9.16. The van der Waals surface area contributed by atoms with E-state index in [9.17, 15) is 5.11 Å². The molecule has 2 nitrogen and oxygen atoms in total. The molecule has 0 aliphatic heterocycles. The maximum absolute atomic E-state index is 9.68. The van der Waals surface area contributed by atoms with Gasteiger partial charge in [0.2, 0.25) is 0 Å². The SMILES string of the molecule is CC(C)CCN(C)[C@H]1CCC[C@@H]1O. The van der Waals surface area contributed by atoms with Crippen LogP contribution in [0.4, 0.5) is 0 Å². The Bertz CT molecular complexity index is 147. The summed E-state index contributed by atoms with van der Waals surface area (Å²) in [6.45, 7) is 5.62. The summed E-state index contributed by atoms with van der Waals surface area (Å²) in [6, 6.07) is 0.429. The third-order valence-electron chi connectivity index (χ3n) is 3.07. The van der Waals surface area contributed by atoms with Crippen LogP contribution in [-0.2, 0) is 0 Å². The molecule has 2 atom stereocenters. The number of hydrogen-bond acceptors (Lipinski definition) is 2. The molecule has 0 aromatic rings. The summed E-state index contributed by atoms with van der Waals surface area (Å²) >= 11 is 0. The van der Waals surface area contributed by atoms with E-state index in [2.05, 4.69) is 25.8 Å². The fourth-order valence-corrected chi connectivity index (χ4v) is 2.06. The van der Waals surface area contributed by atoms with Crippen LogP contribution in [0.3, 0.4) is 0 Å². The van der Waals surface area contributed by atoms with Crippen LogP contribution in [0, 0.1) is 5.92 Å². The highest BCUT2D eigenvalue weighted by Crippen LogP contribution is 2.23. The van der Waals surface area contributed by atoms with E-state index in [4.69, 9.17) is 0 Å². The second-order valence-electron chi connectivity index (χ2n) is 4.73. The lowest BCUT2D eigenvalue weighted by molar-refractivity contribution is 0.0838. The lowest BCUT2D eigenvalue weighted by atomic mass is 10.1. The van der Waals surface area contributed by atoms with Gasteiger partial charge in [0, 0.05) is 6.04 Å². The number of rotatable bonds is 4. The first-order valence-electron chi connectivity index (χ1n) is 5.49. The molecule has 0 saturated heterocycles. The lowest BCUT2D eigenvalue weighted by Crippen LogP contribution is -2.38. The van der Waals surface area contributed by atoms with Crippen molar-refractivity contribution in [2.75, 3.05) is 13.6 Å². The van der Waals surface area contributed by atoms with Crippen molar-refractivity contribution in [3.63, 3.8) is 0 Å². The fraction of sp³-hybridized carbons (Fsp3) is 1.00. The molecule has 1 saturated carbocycles. The third-order valence-corrected chi connectivity index (χ3v) is 3.07. The number of nitrogens with zero attached hydrogens (tertiary/aromatic N) is 1. The quantitative estimate of drug-likeness (QED) is 0.723. The largest absolute Gasteiger partial charge is 0.391 e. The summed E-state index contributed by atoms with van der Waals surface area (Å²) in [6.07, 6.45) is 4.53. The second kappa shape index (κ2) is 4.97. The van der Waals surface area contributed by atoms with Crippen LogP contribution in [0.25, 0.3) is 0 Å². The summed E-state index contributed by atoms with van der Waals surface area (Å²) in [7, 11) is 2.14. The molecule has 0 heterocycles. The molecule has 13 heavy (non-hydrogen) atoms. The lowest BCUT2D eigenvalue weighted by Gasteiger charge is -2.27. The van der Waals surface area contributed by atoms with Gasteiger partial charge < -0.3 is 10.0 Å². The van der Waals surface area contributed by atoms with E-state index in [0.29, 0.717) is 6.04 Å². The monoisotopic (exact) mass is 185 g/mol. The third kappa shape index (κ3) is 3.28. The first kappa shape index (κ1) is 11.0. The van der Waals surface area contributed by atoms with Gasteiger partial charge in [-0.05, 0) is 45.2 Å². The van der Waals surface area contributed by atoms with Crippen LogP contribution in [-0.4, -0.2) is 35.7 Å².